The van der Waals surface area contributed by atoms with Crippen molar-refractivity contribution in [1.29, 1.82) is 0 Å². The van der Waals surface area contributed by atoms with Crippen LogP contribution in [0.4, 0.5) is 0 Å². The van der Waals surface area contributed by atoms with Crippen LogP contribution in [-0.4, -0.2) is 15.9 Å². The molecule has 0 aliphatic heterocycles. The summed E-state index contributed by atoms with van der Waals surface area (Å²) in [6, 6.07) is 15.1. The number of aromatic nitrogens is 2. The van der Waals surface area contributed by atoms with E-state index in [1.54, 1.807) is 18.3 Å². The Hall–Kier alpha value is -3.21. The Labute approximate surface area is 153 Å². The summed E-state index contributed by atoms with van der Waals surface area (Å²) in [5.41, 5.74) is 4.30. The van der Waals surface area contributed by atoms with Gasteiger partial charge in [-0.25, -0.2) is 9.97 Å². The molecule has 132 valence electrons. The number of hydrogen-bond donors (Lipinski definition) is 1. The Morgan fingerprint density at radius 1 is 1.08 bits per heavy atom. The van der Waals surface area contributed by atoms with E-state index < -0.39 is 0 Å². The quantitative estimate of drug-likeness (QED) is 0.754. The summed E-state index contributed by atoms with van der Waals surface area (Å²) in [6.45, 7) is 6.26. The van der Waals surface area contributed by atoms with Crippen molar-refractivity contribution in [3.8, 4) is 11.6 Å². The number of aryl methyl sites for hydroxylation is 3. The van der Waals surface area contributed by atoms with Crippen LogP contribution < -0.4 is 10.1 Å². The highest BCUT2D eigenvalue weighted by atomic mass is 16.5. The van der Waals surface area contributed by atoms with Gasteiger partial charge in [-0.05, 0) is 55.7 Å². The molecule has 0 saturated heterocycles. The van der Waals surface area contributed by atoms with E-state index in [0.717, 1.165) is 28.1 Å². The minimum atomic E-state index is -0.204. The van der Waals surface area contributed by atoms with Gasteiger partial charge in [0.15, 0.2) is 0 Å². The van der Waals surface area contributed by atoms with Crippen molar-refractivity contribution >= 4 is 5.91 Å². The molecule has 0 fully saturated rings. The van der Waals surface area contributed by atoms with E-state index in [1.165, 1.54) is 0 Å². The van der Waals surface area contributed by atoms with Gasteiger partial charge in [0.25, 0.3) is 5.91 Å². The van der Waals surface area contributed by atoms with Gasteiger partial charge in [0.05, 0.1) is 0 Å². The number of rotatable bonds is 5. The third-order valence-corrected chi connectivity index (χ3v) is 3.93. The van der Waals surface area contributed by atoms with E-state index in [4.69, 9.17) is 4.74 Å². The number of benzene rings is 1. The fourth-order valence-electron chi connectivity index (χ4n) is 2.45. The van der Waals surface area contributed by atoms with Crippen molar-refractivity contribution in [2.45, 2.75) is 27.3 Å². The lowest BCUT2D eigenvalue weighted by molar-refractivity contribution is 0.0945. The fraction of sp³-hybridized carbons (Fsp3) is 0.190. The average Bonchev–Trinajstić information content (AvgIpc) is 2.64. The molecule has 1 aromatic carbocycles. The minimum absolute atomic E-state index is 0.204. The Kier molecular flexibility index (Phi) is 5.27. The summed E-state index contributed by atoms with van der Waals surface area (Å²) in [4.78, 5) is 20.7. The van der Waals surface area contributed by atoms with Gasteiger partial charge in [-0.2, -0.15) is 0 Å². The van der Waals surface area contributed by atoms with Crippen LogP contribution in [0.3, 0.4) is 0 Å². The molecule has 2 aromatic heterocycles. The Morgan fingerprint density at radius 2 is 1.92 bits per heavy atom. The normalized spacial score (nSPS) is 10.4. The first-order chi connectivity index (χ1) is 12.5. The van der Waals surface area contributed by atoms with Crippen molar-refractivity contribution in [2.24, 2.45) is 0 Å². The smallest absolute Gasteiger partial charge is 0.270 e. The number of nitrogens with zero attached hydrogens (tertiary/aromatic N) is 2. The molecule has 0 aliphatic carbocycles. The van der Waals surface area contributed by atoms with Gasteiger partial charge in [0.2, 0.25) is 5.88 Å². The molecule has 0 bridgehead atoms. The summed E-state index contributed by atoms with van der Waals surface area (Å²) in [6.07, 6.45) is 1.70. The zero-order chi connectivity index (χ0) is 18.5. The van der Waals surface area contributed by atoms with Crippen LogP contribution in [0.2, 0.25) is 0 Å². The Bertz CT molecular complexity index is 921. The molecule has 0 atom stereocenters. The molecule has 1 N–H and O–H groups in total. The highest BCUT2D eigenvalue weighted by Crippen LogP contribution is 2.24. The Morgan fingerprint density at radius 3 is 2.65 bits per heavy atom. The largest absolute Gasteiger partial charge is 0.439 e. The second kappa shape index (κ2) is 7.78. The molecule has 5 nitrogen and oxygen atoms in total. The van der Waals surface area contributed by atoms with Crippen LogP contribution in [-0.2, 0) is 6.54 Å². The zero-order valence-corrected chi connectivity index (χ0v) is 15.1. The standard InChI is InChI=1S/C21H21N3O2/c1-14-7-8-15(2)19(11-14)26-20-10-9-17(12-22-20)13-23-21(25)18-6-4-5-16(3)24-18/h4-12H,13H2,1-3H3,(H,23,25). The molecule has 0 radical (unpaired) electrons. The van der Waals surface area contributed by atoms with E-state index >= 15 is 0 Å². The molecule has 0 unspecified atom stereocenters. The van der Waals surface area contributed by atoms with E-state index in [1.807, 2.05) is 57.2 Å². The number of pyridine rings is 2. The van der Waals surface area contributed by atoms with Gasteiger partial charge in [-0.1, -0.05) is 24.3 Å². The van der Waals surface area contributed by atoms with E-state index in [9.17, 15) is 4.79 Å². The summed E-state index contributed by atoms with van der Waals surface area (Å²) in [5.74, 6) is 1.11. The molecule has 0 spiro atoms. The van der Waals surface area contributed by atoms with Crippen LogP contribution >= 0.6 is 0 Å². The monoisotopic (exact) mass is 347 g/mol. The maximum Gasteiger partial charge on any atom is 0.270 e. The van der Waals surface area contributed by atoms with Crippen molar-refractivity contribution < 1.29 is 9.53 Å². The number of carbonyl (C=O) groups is 1. The number of hydrogen-bond acceptors (Lipinski definition) is 4. The molecule has 3 rings (SSSR count). The molecular formula is C21H21N3O2. The number of nitrogens with one attached hydrogen (secondary N) is 1. The predicted molar refractivity (Wildman–Crippen MR) is 100 cm³/mol. The van der Waals surface area contributed by atoms with Crippen LogP contribution in [0.25, 0.3) is 0 Å². The highest BCUT2D eigenvalue weighted by Gasteiger charge is 2.08. The maximum atomic E-state index is 12.1. The van der Waals surface area contributed by atoms with Gasteiger partial charge >= 0.3 is 0 Å². The summed E-state index contributed by atoms with van der Waals surface area (Å²) in [7, 11) is 0. The van der Waals surface area contributed by atoms with Crippen LogP contribution in [0.5, 0.6) is 11.6 Å². The highest BCUT2D eigenvalue weighted by molar-refractivity contribution is 5.92. The van der Waals surface area contributed by atoms with E-state index in [2.05, 4.69) is 15.3 Å². The summed E-state index contributed by atoms with van der Waals surface area (Å²) in [5, 5.41) is 2.85. The van der Waals surface area contributed by atoms with Crippen molar-refractivity contribution in [1.82, 2.24) is 15.3 Å². The van der Waals surface area contributed by atoms with E-state index in [-0.39, 0.29) is 5.91 Å². The molecule has 2 heterocycles. The summed E-state index contributed by atoms with van der Waals surface area (Å²) >= 11 is 0. The Balaban J connectivity index is 1.61. The predicted octanol–water partition coefficient (Wildman–Crippen LogP) is 4.12. The van der Waals surface area contributed by atoms with Crippen molar-refractivity contribution in [3.63, 3.8) is 0 Å². The first-order valence-electron chi connectivity index (χ1n) is 8.43. The summed E-state index contributed by atoms with van der Waals surface area (Å²) < 4.78 is 5.84. The molecular weight excluding hydrogens is 326 g/mol. The topological polar surface area (TPSA) is 64.1 Å². The second-order valence-electron chi connectivity index (χ2n) is 6.22. The third kappa shape index (κ3) is 4.45. The van der Waals surface area contributed by atoms with Crippen LogP contribution in [0.1, 0.15) is 32.9 Å². The molecule has 26 heavy (non-hydrogen) atoms. The number of amides is 1. The van der Waals surface area contributed by atoms with E-state index in [0.29, 0.717) is 18.1 Å². The van der Waals surface area contributed by atoms with Gasteiger partial charge in [0, 0.05) is 24.5 Å². The third-order valence-electron chi connectivity index (χ3n) is 3.93. The van der Waals surface area contributed by atoms with Gasteiger partial charge < -0.3 is 10.1 Å². The number of ether oxygens (including phenoxy) is 1. The van der Waals surface area contributed by atoms with Crippen molar-refractivity contribution in [3.05, 3.63) is 82.8 Å². The molecule has 5 heteroatoms. The maximum absolute atomic E-state index is 12.1. The van der Waals surface area contributed by atoms with Gasteiger partial charge in [-0.15, -0.1) is 0 Å². The lowest BCUT2D eigenvalue weighted by atomic mass is 10.1. The molecule has 0 aliphatic rings. The van der Waals surface area contributed by atoms with Crippen molar-refractivity contribution in [2.75, 3.05) is 0 Å². The fourth-order valence-corrected chi connectivity index (χ4v) is 2.45. The minimum Gasteiger partial charge on any atom is -0.439 e. The molecule has 0 saturated carbocycles. The molecule has 3 aromatic rings. The lowest BCUT2D eigenvalue weighted by Crippen LogP contribution is -2.24. The second-order valence-corrected chi connectivity index (χ2v) is 6.22. The lowest BCUT2D eigenvalue weighted by Gasteiger charge is -2.09. The average molecular weight is 347 g/mol. The zero-order valence-electron chi connectivity index (χ0n) is 15.1. The first-order valence-corrected chi connectivity index (χ1v) is 8.43. The van der Waals surface area contributed by atoms with Gasteiger partial charge in [-0.3, -0.25) is 4.79 Å². The first kappa shape index (κ1) is 17.6. The number of carbonyl (C=O) groups excluding carboxylic acids is 1. The van der Waals surface area contributed by atoms with Gasteiger partial charge in [0.1, 0.15) is 11.4 Å². The molecule has 1 amide bonds. The van der Waals surface area contributed by atoms with Crippen LogP contribution in [0.15, 0.2) is 54.7 Å². The SMILES string of the molecule is Cc1ccc(C)c(Oc2ccc(CNC(=O)c3cccc(C)n3)cn2)c1. The van der Waals surface area contributed by atoms with Crippen LogP contribution in [0, 0.1) is 20.8 Å².